The monoisotopic (exact) mass is 242 g/mol. The lowest BCUT2D eigenvalue weighted by Crippen LogP contribution is -2.59. The van der Waals surface area contributed by atoms with Crippen LogP contribution in [0.4, 0.5) is 0 Å². The first-order chi connectivity index (χ1) is 7.78. The van der Waals surface area contributed by atoms with Crippen molar-refractivity contribution in [3.63, 3.8) is 0 Å². The number of ether oxygens (including phenoxy) is 1. The second-order valence-electron chi connectivity index (χ2n) is 6.45. The minimum absolute atomic E-state index is 0.0355. The highest BCUT2D eigenvalue weighted by Crippen LogP contribution is 2.28. The van der Waals surface area contributed by atoms with Crippen molar-refractivity contribution in [1.29, 1.82) is 0 Å². The second-order valence-corrected chi connectivity index (χ2v) is 6.45. The predicted octanol–water partition coefficient (Wildman–Crippen LogP) is 2.26. The molecule has 17 heavy (non-hydrogen) atoms. The summed E-state index contributed by atoms with van der Waals surface area (Å²) in [6, 6.07) is 0.602. The first kappa shape index (κ1) is 14.9. The molecule has 1 heterocycles. The largest absolute Gasteiger partial charge is 0.367 e. The standard InChI is InChI=1S/C14H30N2O/c1-7-12(15-8-2)9-16-10-13(3,4)17-14(5,6)11-16/h12,15H,7-11H2,1-6H3. The van der Waals surface area contributed by atoms with E-state index in [1.807, 2.05) is 0 Å². The van der Waals surface area contributed by atoms with E-state index >= 15 is 0 Å². The summed E-state index contributed by atoms with van der Waals surface area (Å²) in [6.07, 6.45) is 1.19. The number of nitrogens with one attached hydrogen (secondary N) is 1. The van der Waals surface area contributed by atoms with Crippen LogP contribution in [-0.2, 0) is 4.74 Å². The van der Waals surface area contributed by atoms with Gasteiger partial charge in [0.15, 0.2) is 0 Å². The van der Waals surface area contributed by atoms with E-state index in [0.717, 1.165) is 26.2 Å². The molecule has 3 nitrogen and oxygen atoms in total. The lowest BCUT2D eigenvalue weighted by Gasteiger charge is -2.48. The molecule has 0 radical (unpaired) electrons. The van der Waals surface area contributed by atoms with Crippen LogP contribution in [0.15, 0.2) is 0 Å². The normalized spacial score (nSPS) is 25.8. The molecule has 0 aromatic rings. The van der Waals surface area contributed by atoms with E-state index in [1.165, 1.54) is 6.42 Å². The molecule has 0 bridgehead atoms. The van der Waals surface area contributed by atoms with Crippen LogP contribution in [0.25, 0.3) is 0 Å². The molecule has 0 aromatic carbocycles. The van der Waals surface area contributed by atoms with Crippen molar-refractivity contribution >= 4 is 0 Å². The molecule has 1 atom stereocenters. The fraction of sp³-hybridized carbons (Fsp3) is 1.00. The highest BCUT2D eigenvalue weighted by molar-refractivity contribution is 4.90. The Morgan fingerprint density at radius 1 is 1.12 bits per heavy atom. The van der Waals surface area contributed by atoms with Gasteiger partial charge < -0.3 is 10.1 Å². The van der Waals surface area contributed by atoms with Gasteiger partial charge in [-0.1, -0.05) is 13.8 Å². The average molecular weight is 242 g/mol. The van der Waals surface area contributed by atoms with E-state index in [-0.39, 0.29) is 11.2 Å². The van der Waals surface area contributed by atoms with Crippen molar-refractivity contribution in [3.05, 3.63) is 0 Å². The van der Waals surface area contributed by atoms with E-state index in [9.17, 15) is 0 Å². The molecule has 0 aliphatic carbocycles. The van der Waals surface area contributed by atoms with Crippen molar-refractivity contribution in [2.75, 3.05) is 26.2 Å². The van der Waals surface area contributed by atoms with Crippen molar-refractivity contribution < 1.29 is 4.74 Å². The zero-order chi connectivity index (χ0) is 13.1. The molecule has 102 valence electrons. The van der Waals surface area contributed by atoms with Crippen LogP contribution in [-0.4, -0.2) is 48.3 Å². The molecule has 1 fully saturated rings. The summed E-state index contributed by atoms with van der Waals surface area (Å²) in [5.74, 6) is 0. The molecular weight excluding hydrogens is 212 g/mol. The maximum atomic E-state index is 6.10. The lowest BCUT2D eigenvalue weighted by atomic mass is 9.98. The smallest absolute Gasteiger partial charge is 0.0760 e. The fourth-order valence-electron chi connectivity index (χ4n) is 3.01. The number of morpholine rings is 1. The molecule has 0 amide bonds. The average Bonchev–Trinajstić information content (AvgIpc) is 2.11. The first-order valence-corrected chi connectivity index (χ1v) is 6.94. The van der Waals surface area contributed by atoms with Crippen LogP contribution >= 0.6 is 0 Å². The Morgan fingerprint density at radius 2 is 1.65 bits per heavy atom. The van der Waals surface area contributed by atoms with Crippen LogP contribution in [0, 0.1) is 0 Å². The second kappa shape index (κ2) is 5.68. The molecule has 1 rings (SSSR count). The maximum absolute atomic E-state index is 6.10. The minimum Gasteiger partial charge on any atom is -0.367 e. The maximum Gasteiger partial charge on any atom is 0.0760 e. The Balaban J connectivity index is 2.58. The number of rotatable bonds is 5. The van der Waals surface area contributed by atoms with Crippen LogP contribution in [0.3, 0.4) is 0 Å². The summed E-state index contributed by atoms with van der Waals surface area (Å²) in [5.41, 5.74) is -0.0709. The van der Waals surface area contributed by atoms with Crippen molar-refractivity contribution in [2.45, 2.75) is 65.2 Å². The van der Waals surface area contributed by atoms with E-state index in [2.05, 4.69) is 51.8 Å². The number of likely N-dealkylation sites (N-methyl/N-ethyl adjacent to an activating group) is 1. The van der Waals surface area contributed by atoms with Gasteiger partial charge >= 0.3 is 0 Å². The zero-order valence-corrected chi connectivity index (χ0v) is 12.5. The van der Waals surface area contributed by atoms with Gasteiger partial charge in [0.25, 0.3) is 0 Å². The summed E-state index contributed by atoms with van der Waals surface area (Å²) < 4.78 is 6.10. The molecule has 1 saturated heterocycles. The molecule has 0 spiro atoms. The quantitative estimate of drug-likeness (QED) is 0.800. The van der Waals surface area contributed by atoms with Gasteiger partial charge in [0.1, 0.15) is 0 Å². The van der Waals surface area contributed by atoms with Crippen LogP contribution < -0.4 is 5.32 Å². The molecular formula is C14H30N2O. The number of hydrogen-bond acceptors (Lipinski definition) is 3. The van der Waals surface area contributed by atoms with E-state index in [0.29, 0.717) is 6.04 Å². The van der Waals surface area contributed by atoms with Gasteiger partial charge in [-0.05, 0) is 40.7 Å². The van der Waals surface area contributed by atoms with Gasteiger partial charge in [0.05, 0.1) is 11.2 Å². The topological polar surface area (TPSA) is 24.5 Å². The highest BCUT2D eigenvalue weighted by Gasteiger charge is 2.38. The molecule has 1 unspecified atom stereocenters. The summed E-state index contributed by atoms with van der Waals surface area (Å²) >= 11 is 0. The third kappa shape index (κ3) is 4.94. The van der Waals surface area contributed by atoms with E-state index in [4.69, 9.17) is 4.74 Å². The van der Waals surface area contributed by atoms with Crippen LogP contribution in [0.1, 0.15) is 48.0 Å². The Labute approximate surface area is 107 Å². The van der Waals surface area contributed by atoms with Gasteiger partial charge in [-0.25, -0.2) is 0 Å². The first-order valence-electron chi connectivity index (χ1n) is 6.94. The Morgan fingerprint density at radius 3 is 2.06 bits per heavy atom. The third-order valence-electron chi connectivity index (χ3n) is 3.23. The lowest BCUT2D eigenvalue weighted by molar-refractivity contribution is -0.181. The predicted molar refractivity (Wildman–Crippen MR) is 73.4 cm³/mol. The molecule has 1 aliphatic heterocycles. The summed E-state index contributed by atoms with van der Waals surface area (Å²) in [7, 11) is 0. The highest BCUT2D eigenvalue weighted by atomic mass is 16.5. The van der Waals surface area contributed by atoms with Crippen molar-refractivity contribution in [1.82, 2.24) is 10.2 Å². The minimum atomic E-state index is -0.0355. The van der Waals surface area contributed by atoms with Gasteiger partial charge in [0, 0.05) is 25.7 Å². The molecule has 1 aliphatic rings. The summed E-state index contributed by atoms with van der Waals surface area (Å²) in [4.78, 5) is 2.54. The molecule has 1 N–H and O–H groups in total. The molecule has 0 aromatic heterocycles. The summed E-state index contributed by atoms with van der Waals surface area (Å²) in [5, 5.41) is 3.55. The number of nitrogens with zero attached hydrogens (tertiary/aromatic N) is 1. The SMILES string of the molecule is CCNC(CC)CN1CC(C)(C)OC(C)(C)C1. The number of hydrogen-bond donors (Lipinski definition) is 1. The van der Waals surface area contributed by atoms with Gasteiger partial charge in [0.2, 0.25) is 0 Å². The van der Waals surface area contributed by atoms with E-state index in [1.54, 1.807) is 0 Å². The fourth-order valence-corrected chi connectivity index (χ4v) is 3.01. The summed E-state index contributed by atoms with van der Waals surface area (Å²) in [6.45, 7) is 17.4. The third-order valence-corrected chi connectivity index (χ3v) is 3.23. The van der Waals surface area contributed by atoms with E-state index < -0.39 is 0 Å². The van der Waals surface area contributed by atoms with Gasteiger partial charge in [-0.3, -0.25) is 4.90 Å². The van der Waals surface area contributed by atoms with Crippen LogP contribution in [0.2, 0.25) is 0 Å². The molecule has 0 saturated carbocycles. The Bertz CT molecular complexity index is 222. The Hall–Kier alpha value is -0.120. The molecule has 3 heteroatoms. The van der Waals surface area contributed by atoms with Gasteiger partial charge in [-0.2, -0.15) is 0 Å². The zero-order valence-electron chi connectivity index (χ0n) is 12.5. The van der Waals surface area contributed by atoms with Gasteiger partial charge in [-0.15, -0.1) is 0 Å². The Kier molecular flexibility index (Phi) is 4.99. The van der Waals surface area contributed by atoms with Crippen LogP contribution in [0.5, 0.6) is 0 Å². The van der Waals surface area contributed by atoms with Crippen molar-refractivity contribution in [2.24, 2.45) is 0 Å². The van der Waals surface area contributed by atoms with Crippen molar-refractivity contribution in [3.8, 4) is 0 Å².